The number of hydrogen-bond acceptors (Lipinski definition) is 4. The van der Waals surface area contributed by atoms with Crippen LogP contribution in [-0.2, 0) is 6.54 Å². The molecule has 1 aromatic heterocycles. The molecule has 3 rings (SSSR count). The van der Waals surface area contributed by atoms with E-state index >= 15 is 0 Å². The predicted molar refractivity (Wildman–Crippen MR) is 87.6 cm³/mol. The molecule has 1 N–H and O–H groups in total. The van der Waals surface area contributed by atoms with Crippen LogP contribution in [0.15, 0.2) is 18.5 Å². The maximum absolute atomic E-state index is 4.32. The first-order valence-electron chi connectivity index (χ1n) is 8.47. The summed E-state index contributed by atoms with van der Waals surface area (Å²) in [5.74, 6) is 0. The summed E-state index contributed by atoms with van der Waals surface area (Å²) in [5.41, 5.74) is 2.73. The van der Waals surface area contributed by atoms with Gasteiger partial charge < -0.3 is 10.2 Å². The molecule has 0 aromatic carbocycles. The molecular formula is C17H28N4. The van der Waals surface area contributed by atoms with Gasteiger partial charge in [-0.1, -0.05) is 13.8 Å². The Labute approximate surface area is 128 Å². The van der Waals surface area contributed by atoms with Crippen molar-refractivity contribution in [3.63, 3.8) is 0 Å². The Hall–Kier alpha value is -1.13. The second kappa shape index (κ2) is 6.75. The molecule has 2 aliphatic rings. The van der Waals surface area contributed by atoms with Crippen molar-refractivity contribution in [2.75, 3.05) is 31.1 Å². The lowest BCUT2D eigenvalue weighted by atomic mass is 10.2. The quantitative estimate of drug-likeness (QED) is 0.834. The van der Waals surface area contributed by atoms with Crippen LogP contribution in [0, 0.1) is 0 Å². The number of hydrogen-bond donors (Lipinski definition) is 1. The largest absolute Gasteiger partial charge is 0.370 e. The van der Waals surface area contributed by atoms with E-state index in [-0.39, 0.29) is 0 Å². The molecule has 1 aliphatic heterocycles. The predicted octanol–water partition coefficient (Wildman–Crippen LogP) is 2.25. The first-order chi connectivity index (χ1) is 10.3. The molecule has 0 bridgehead atoms. The van der Waals surface area contributed by atoms with Gasteiger partial charge in [-0.3, -0.25) is 9.88 Å². The van der Waals surface area contributed by atoms with Crippen molar-refractivity contribution in [3.8, 4) is 0 Å². The lowest BCUT2D eigenvalue weighted by Gasteiger charge is -2.27. The van der Waals surface area contributed by atoms with E-state index in [4.69, 9.17) is 0 Å². The van der Waals surface area contributed by atoms with Crippen molar-refractivity contribution >= 4 is 5.69 Å². The molecule has 0 spiro atoms. The monoisotopic (exact) mass is 288 g/mol. The highest BCUT2D eigenvalue weighted by Crippen LogP contribution is 2.27. The summed E-state index contributed by atoms with van der Waals surface area (Å²) >= 11 is 0. The van der Waals surface area contributed by atoms with Gasteiger partial charge in [-0.05, 0) is 38.4 Å². The van der Waals surface area contributed by atoms with Gasteiger partial charge in [-0.15, -0.1) is 0 Å². The normalized spacial score (nSPS) is 22.2. The average molecular weight is 288 g/mol. The van der Waals surface area contributed by atoms with Gasteiger partial charge in [0.15, 0.2) is 0 Å². The van der Waals surface area contributed by atoms with Gasteiger partial charge in [0.2, 0.25) is 0 Å². The molecular weight excluding hydrogens is 260 g/mol. The minimum absolute atomic E-state index is 0.706. The Balaban J connectivity index is 1.66. The number of nitrogens with one attached hydrogen (secondary N) is 1. The molecule has 1 aromatic rings. The molecule has 0 amide bonds. The summed E-state index contributed by atoms with van der Waals surface area (Å²) in [6.45, 7) is 10.1. The first kappa shape index (κ1) is 14.8. The van der Waals surface area contributed by atoms with E-state index in [0.29, 0.717) is 6.04 Å². The van der Waals surface area contributed by atoms with Crippen LogP contribution in [0.3, 0.4) is 0 Å². The molecule has 2 heterocycles. The number of pyridine rings is 1. The van der Waals surface area contributed by atoms with Crippen LogP contribution in [-0.4, -0.2) is 48.1 Å². The fraction of sp³-hybridized carbons (Fsp3) is 0.706. The molecule has 1 saturated carbocycles. The van der Waals surface area contributed by atoms with E-state index in [1.54, 1.807) is 0 Å². The number of rotatable bonds is 7. The molecule has 4 heteroatoms. The standard InChI is InChI=1S/C17H28N4/c1-3-20(4-2)16-8-10-21(13-16)17-7-9-18-11-14(17)12-19-15-5-6-15/h7,9,11,15-16,19H,3-6,8,10,12-13H2,1-2H3. The van der Waals surface area contributed by atoms with Gasteiger partial charge in [0.1, 0.15) is 0 Å². The highest BCUT2D eigenvalue weighted by Gasteiger charge is 2.28. The smallest absolute Gasteiger partial charge is 0.0443 e. The van der Waals surface area contributed by atoms with E-state index in [0.717, 1.165) is 32.2 Å². The number of nitrogens with zero attached hydrogens (tertiary/aromatic N) is 3. The summed E-state index contributed by atoms with van der Waals surface area (Å²) in [6.07, 6.45) is 7.92. The van der Waals surface area contributed by atoms with E-state index in [2.05, 4.69) is 40.0 Å². The Morgan fingerprint density at radius 1 is 1.29 bits per heavy atom. The van der Waals surface area contributed by atoms with E-state index < -0.39 is 0 Å². The topological polar surface area (TPSA) is 31.4 Å². The molecule has 2 fully saturated rings. The van der Waals surface area contributed by atoms with Gasteiger partial charge in [-0.2, -0.15) is 0 Å². The summed E-state index contributed by atoms with van der Waals surface area (Å²) < 4.78 is 0. The molecule has 1 atom stereocenters. The van der Waals surface area contributed by atoms with Crippen molar-refractivity contribution in [2.24, 2.45) is 0 Å². The molecule has 1 saturated heterocycles. The van der Waals surface area contributed by atoms with Crippen LogP contribution in [0.2, 0.25) is 0 Å². The van der Waals surface area contributed by atoms with Gasteiger partial charge in [0, 0.05) is 55.4 Å². The molecule has 1 unspecified atom stereocenters. The van der Waals surface area contributed by atoms with Crippen molar-refractivity contribution in [1.82, 2.24) is 15.2 Å². The second-order valence-corrected chi connectivity index (χ2v) is 6.27. The Bertz CT molecular complexity index is 454. The van der Waals surface area contributed by atoms with E-state index in [1.165, 1.54) is 37.1 Å². The van der Waals surface area contributed by atoms with Crippen LogP contribution in [0.25, 0.3) is 0 Å². The van der Waals surface area contributed by atoms with Crippen molar-refractivity contribution in [1.29, 1.82) is 0 Å². The van der Waals surface area contributed by atoms with Gasteiger partial charge in [-0.25, -0.2) is 0 Å². The third-order valence-corrected chi connectivity index (χ3v) is 4.87. The third-order valence-electron chi connectivity index (χ3n) is 4.87. The van der Waals surface area contributed by atoms with Crippen LogP contribution in [0.4, 0.5) is 5.69 Å². The summed E-state index contributed by atoms with van der Waals surface area (Å²) in [7, 11) is 0. The lowest BCUT2D eigenvalue weighted by Crippen LogP contribution is -2.37. The average Bonchev–Trinajstić information content (AvgIpc) is 3.23. The zero-order chi connectivity index (χ0) is 14.7. The second-order valence-electron chi connectivity index (χ2n) is 6.27. The van der Waals surface area contributed by atoms with E-state index in [1.807, 2.05) is 12.4 Å². The maximum Gasteiger partial charge on any atom is 0.0443 e. The minimum atomic E-state index is 0.706. The number of aromatic nitrogens is 1. The Morgan fingerprint density at radius 2 is 2.10 bits per heavy atom. The zero-order valence-corrected chi connectivity index (χ0v) is 13.4. The van der Waals surface area contributed by atoms with E-state index in [9.17, 15) is 0 Å². The summed E-state index contributed by atoms with van der Waals surface area (Å²) in [6, 6.07) is 3.64. The molecule has 0 radical (unpaired) electrons. The Morgan fingerprint density at radius 3 is 2.81 bits per heavy atom. The fourth-order valence-corrected chi connectivity index (χ4v) is 3.40. The molecule has 116 valence electrons. The van der Waals surface area contributed by atoms with Crippen molar-refractivity contribution < 1.29 is 0 Å². The number of anilines is 1. The van der Waals surface area contributed by atoms with Crippen molar-refractivity contribution in [3.05, 3.63) is 24.0 Å². The van der Waals surface area contributed by atoms with Crippen LogP contribution in [0.5, 0.6) is 0 Å². The minimum Gasteiger partial charge on any atom is -0.370 e. The van der Waals surface area contributed by atoms with Gasteiger partial charge >= 0.3 is 0 Å². The van der Waals surface area contributed by atoms with Crippen molar-refractivity contribution in [2.45, 2.75) is 51.7 Å². The maximum atomic E-state index is 4.32. The molecule has 21 heavy (non-hydrogen) atoms. The first-order valence-corrected chi connectivity index (χ1v) is 8.47. The fourth-order valence-electron chi connectivity index (χ4n) is 3.40. The molecule has 1 aliphatic carbocycles. The SMILES string of the molecule is CCN(CC)C1CCN(c2ccncc2CNC2CC2)C1. The van der Waals surface area contributed by atoms with Crippen LogP contribution < -0.4 is 10.2 Å². The molecule has 4 nitrogen and oxygen atoms in total. The highest BCUT2D eigenvalue weighted by molar-refractivity contribution is 5.53. The highest BCUT2D eigenvalue weighted by atomic mass is 15.3. The zero-order valence-electron chi connectivity index (χ0n) is 13.4. The van der Waals surface area contributed by atoms with Crippen LogP contribution in [0.1, 0.15) is 38.7 Å². The third kappa shape index (κ3) is 3.55. The van der Waals surface area contributed by atoms with Gasteiger partial charge in [0.05, 0.1) is 0 Å². The number of likely N-dealkylation sites (N-methyl/N-ethyl adjacent to an activating group) is 1. The van der Waals surface area contributed by atoms with Gasteiger partial charge in [0.25, 0.3) is 0 Å². The summed E-state index contributed by atoms with van der Waals surface area (Å²) in [5, 5.41) is 3.62. The van der Waals surface area contributed by atoms with Crippen LogP contribution >= 0.6 is 0 Å². The summed E-state index contributed by atoms with van der Waals surface area (Å²) in [4.78, 5) is 9.46. The Kier molecular flexibility index (Phi) is 4.76. The lowest BCUT2D eigenvalue weighted by molar-refractivity contribution is 0.232.